The van der Waals surface area contributed by atoms with Crippen molar-refractivity contribution in [2.45, 2.75) is 25.7 Å². The molecule has 1 aliphatic carbocycles. The third kappa shape index (κ3) is 7.33. The van der Waals surface area contributed by atoms with Gasteiger partial charge in [-0.05, 0) is 49.9 Å². The number of nitrogens with zero attached hydrogens (tertiary/aromatic N) is 1. The fraction of sp³-hybridized carbons (Fsp3) is 0.500. The summed E-state index contributed by atoms with van der Waals surface area (Å²) in [7, 11) is 3.49. The molecule has 2 amide bonds. The van der Waals surface area contributed by atoms with Crippen molar-refractivity contribution in [3.05, 3.63) is 41.1 Å². The fourth-order valence-electron chi connectivity index (χ4n) is 3.11. The Morgan fingerprint density at radius 2 is 1.96 bits per heavy atom. The minimum absolute atomic E-state index is 0.0250. The van der Waals surface area contributed by atoms with E-state index in [0.29, 0.717) is 23.9 Å². The van der Waals surface area contributed by atoms with Gasteiger partial charge in [-0.3, -0.25) is 9.59 Å². The maximum atomic E-state index is 12.8. The molecule has 0 fully saturated rings. The molecule has 1 atom stereocenters. The quantitative estimate of drug-likeness (QED) is 0.670. The zero-order valence-electron chi connectivity index (χ0n) is 16.1. The van der Waals surface area contributed by atoms with Gasteiger partial charge in [0.05, 0.1) is 13.7 Å². The van der Waals surface area contributed by atoms with E-state index in [9.17, 15) is 9.59 Å². The van der Waals surface area contributed by atoms with Crippen LogP contribution in [0.1, 0.15) is 25.7 Å². The number of halogens is 1. The molecule has 1 aromatic carbocycles. The molecule has 2 N–H and O–H groups in total. The molecule has 6 nitrogen and oxygen atoms in total. The number of nitrogens with one attached hydrogen (secondary N) is 2. The zero-order chi connectivity index (χ0) is 19.6. The summed E-state index contributed by atoms with van der Waals surface area (Å²) >= 11 is 5.85. The molecular formula is C20H29ClN3O3+. The number of hydrogen-bond donors (Lipinski definition) is 2. The van der Waals surface area contributed by atoms with Gasteiger partial charge >= 0.3 is 0 Å². The van der Waals surface area contributed by atoms with E-state index in [1.165, 1.54) is 6.42 Å². The summed E-state index contributed by atoms with van der Waals surface area (Å²) in [4.78, 5) is 27.7. The summed E-state index contributed by atoms with van der Waals surface area (Å²) in [6.45, 7) is 1.52. The number of methoxy groups -OCH3 is 1. The number of quaternary nitrogens is 1. The van der Waals surface area contributed by atoms with Gasteiger partial charge < -0.3 is 19.9 Å². The van der Waals surface area contributed by atoms with Crippen LogP contribution in [0.3, 0.4) is 0 Å². The maximum absolute atomic E-state index is 12.8. The van der Waals surface area contributed by atoms with Crippen LogP contribution in [0.5, 0.6) is 0 Å². The van der Waals surface area contributed by atoms with Crippen LogP contribution in [0, 0.1) is 0 Å². The van der Waals surface area contributed by atoms with Crippen molar-refractivity contribution in [1.29, 1.82) is 0 Å². The number of rotatable bonds is 9. The molecule has 1 aliphatic rings. The van der Waals surface area contributed by atoms with E-state index in [4.69, 9.17) is 16.3 Å². The van der Waals surface area contributed by atoms with Crippen molar-refractivity contribution in [3.63, 3.8) is 0 Å². The molecule has 0 aliphatic heterocycles. The highest BCUT2D eigenvalue weighted by molar-refractivity contribution is 6.30. The second-order valence-electron chi connectivity index (χ2n) is 6.85. The minimum Gasteiger partial charge on any atom is -0.383 e. The molecule has 27 heavy (non-hydrogen) atoms. The molecule has 2 rings (SSSR count). The van der Waals surface area contributed by atoms with Gasteiger partial charge in [-0.2, -0.15) is 0 Å². The van der Waals surface area contributed by atoms with Crippen molar-refractivity contribution in [1.82, 2.24) is 4.90 Å². The van der Waals surface area contributed by atoms with E-state index in [0.717, 1.165) is 29.9 Å². The van der Waals surface area contributed by atoms with Gasteiger partial charge in [0.15, 0.2) is 13.1 Å². The van der Waals surface area contributed by atoms with Crippen LogP contribution in [0.15, 0.2) is 36.0 Å². The normalized spacial score (nSPS) is 15.0. The highest BCUT2D eigenvalue weighted by atomic mass is 35.5. The summed E-state index contributed by atoms with van der Waals surface area (Å²) in [5, 5.41) is 3.45. The predicted octanol–water partition coefficient (Wildman–Crippen LogP) is 1.73. The lowest BCUT2D eigenvalue weighted by atomic mass is 10.0. The van der Waals surface area contributed by atoms with Crippen LogP contribution >= 0.6 is 11.6 Å². The Labute approximate surface area is 166 Å². The Hall–Kier alpha value is -1.89. The van der Waals surface area contributed by atoms with E-state index >= 15 is 0 Å². The molecule has 0 aromatic heterocycles. The average Bonchev–Trinajstić information content (AvgIpc) is 2.64. The molecule has 7 heteroatoms. The largest absolute Gasteiger partial charge is 0.383 e. The molecule has 148 valence electrons. The first-order valence-electron chi connectivity index (χ1n) is 9.34. The minimum atomic E-state index is -0.136. The van der Waals surface area contributed by atoms with Gasteiger partial charge in [0.2, 0.25) is 0 Å². The molecule has 0 radical (unpaired) electrons. The molecule has 0 saturated heterocycles. The van der Waals surface area contributed by atoms with Crippen LogP contribution in [0.4, 0.5) is 5.69 Å². The Morgan fingerprint density at radius 3 is 2.59 bits per heavy atom. The molecule has 0 spiro atoms. The van der Waals surface area contributed by atoms with Crippen molar-refractivity contribution >= 4 is 29.1 Å². The third-order valence-corrected chi connectivity index (χ3v) is 4.73. The molecular weight excluding hydrogens is 366 g/mol. The molecule has 0 heterocycles. The molecule has 0 bridgehead atoms. The Morgan fingerprint density at radius 1 is 1.22 bits per heavy atom. The first kappa shape index (κ1) is 21.4. The summed E-state index contributed by atoms with van der Waals surface area (Å²) in [6, 6.07) is 6.96. The zero-order valence-corrected chi connectivity index (χ0v) is 16.8. The van der Waals surface area contributed by atoms with Crippen molar-refractivity contribution in [2.75, 3.05) is 45.7 Å². The SMILES string of the molecule is COCCN(C(=O)C[NH+](C)CC(=O)Nc1ccc(Cl)cc1)C1=CCCCC1. The lowest BCUT2D eigenvalue weighted by Crippen LogP contribution is -3.11. The first-order chi connectivity index (χ1) is 13.0. The molecule has 0 saturated carbocycles. The van der Waals surface area contributed by atoms with E-state index in [-0.39, 0.29) is 24.9 Å². The number of carbonyl (C=O) groups is 2. The number of carbonyl (C=O) groups excluding carboxylic acids is 2. The number of amides is 2. The smallest absolute Gasteiger partial charge is 0.281 e. The fourth-order valence-corrected chi connectivity index (χ4v) is 3.23. The van der Waals surface area contributed by atoms with Crippen molar-refractivity contribution in [2.24, 2.45) is 0 Å². The topological polar surface area (TPSA) is 63.1 Å². The third-order valence-electron chi connectivity index (χ3n) is 4.48. The van der Waals surface area contributed by atoms with Crippen molar-refractivity contribution < 1.29 is 19.2 Å². The van der Waals surface area contributed by atoms with Gasteiger partial charge in [-0.25, -0.2) is 0 Å². The highest BCUT2D eigenvalue weighted by Crippen LogP contribution is 2.20. The lowest BCUT2D eigenvalue weighted by molar-refractivity contribution is -0.862. The number of anilines is 1. The van der Waals surface area contributed by atoms with Gasteiger partial charge in [-0.1, -0.05) is 17.7 Å². The Kier molecular flexibility index (Phi) is 8.78. The number of likely N-dealkylation sites (N-methyl/N-ethyl adjacent to an activating group) is 1. The second kappa shape index (κ2) is 11.1. The highest BCUT2D eigenvalue weighted by Gasteiger charge is 2.23. The monoisotopic (exact) mass is 394 g/mol. The average molecular weight is 395 g/mol. The van der Waals surface area contributed by atoms with Crippen LogP contribution < -0.4 is 10.2 Å². The summed E-state index contributed by atoms with van der Waals surface area (Å²) in [6.07, 6.45) is 6.37. The predicted molar refractivity (Wildman–Crippen MR) is 107 cm³/mol. The Balaban J connectivity index is 1.88. The summed E-state index contributed by atoms with van der Waals surface area (Å²) in [5.74, 6) is -0.111. The van der Waals surface area contributed by atoms with Crippen LogP contribution in [-0.4, -0.2) is 57.1 Å². The van der Waals surface area contributed by atoms with Gasteiger partial charge in [0.25, 0.3) is 11.8 Å². The van der Waals surface area contributed by atoms with E-state index in [2.05, 4.69) is 11.4 Å². The van der Waals surface area contributed by atoms with Crippen molar-refractivity contribution in [3.8, 4) is 0 Å². The molecule has 1 unspecified atom stereocenters. The van der Waals surface area contributed by atoms with Gasteiger partial charge in [-0.15, -0.1) is 0 Å². The standard InChI is InChI=1S/C20H28ClN3O3/c1-23(14-19(25)22-17-10-8-16(21)9-11-17)15-20(26)24(12-13-27-2)18-6-4-3-5-7-18/h6,8-11H,3-5,7,12-15H2,1-2H3,(H,22,25)/p+1. The first-order valence-corrected chi connectivity index (χ1v) is 9.72. The Bertz CT molecular complexity index is 661. The summed E-state index contributed by atoms with van der Waals surface area (Å²) < 4.78 is 5.16. The van der Waals surface area contributed by atoms with E-state index < -0.39 is 0 Å². The van der Waals surface area contributed by atoms with Crippen LogP contribution in [0.25, 0.3) is 0 Å². The number of allylic oxidation sites excluding steroid dienone is 2. The maximum Gasteiger partial charge on any atom is 0.281 e. The number of hydrogen-bond acceptors (Lipinski definition) is 3. The van der Waals surface area contributed by atoms with Gasteiger partial charge in [0.1, 0.15) is 0 Å². The summed E-state index contributed by atoms with van der Waals surface area (Å²) in [5.41, 5.74) is 1.78. The second-order valence-corrected chi connectivity index (χ2v) is 7.28. The van der Waals surface area contributed by atoms with Gasteiger partial charge in [0, 0.05) is 30.1 Å². The van der Waals surface area contributed by atoms with Crippen LogP contribution in [0.2, 0.25) is 5.02 Å². The number of ether oxygens (including phenoxy) is 1. The van der Waals surface area contributed by atoms with E-state index in [1.807, 2.05) is 11.9 Å². The van der Waals surface area contributed by atoms with Crippen LogP contribution in [-0.2, 0) is 14.3 Å². The van der Waals surface area contributed by atoms with E-state index in [1.54, 1.807) is 31.4 Å². The molecule has 1 aromatic rings. The number of benzene rings is 1. The lowest BCUT2D eigenvalue weighted by Gasteiger charge is -2.28.